The number of carbonyl (C=O) groups excluding carboxylic acids is 2. The molecule has 0 saturated carbocycles. The first-order valence-electron chi connectivity index (χ1n) is 20.8. The van der Waals surface area contributed by atoms with Gasteiger partial charge in [-0.15, -0.1) is 0 Å². The van der Waals surface area contributed by atoms with Gasteiger partial charge in [0.15, 0.2) is 6.10 Å². The average Bonchev–Trinajstić information content (AvgIpc) is 3.07. The molecule has 292 valence electrons. The molecule has 0 fully saturated rings. The number of esters is 2. The van der Waals surface area contributed by atoms with Crippen molar-refractivity contribution in [2.24, 2.45) is 0 Å². The van der Waals surface area contributed by atoms with Gasteiger partial charge in [0, 0.05) is 12.8 Å². The summed E-state index contributed by atoms with van der Waals surface area (Å²) in [6.07, 6.45) is 38.2. The van der Waals surface area contributed by atoms with Crippen LogP contribution >= 0.6 is 7.82 Å². The Bertz CT molecular complexity index is 771. The largest absolute Gasteiger partial charge is 0.469 e. The summed E-state index contributed by atoms with van der Waals surface area (Å²) < 4.78 is 26.4. The molecule has 0 aromatic rings. The van der Waals surface area contributed by atoms with Crippen molar-refractivity contribution in [2.45, 2.75) is 232 Å². The highest BCUT2D eigenvalue weighted by Gasteiger charge is 2.22. The van der Waals surface area contributed by atoms with Crippen LogP contribution in [0.25, 0.3) is 0 Å². The van der Waals surface area contributed by atoms with Gasteiger partial charge in [0.25, 0.3) is 0 Å². The van der Waals surface area contributed by atoms with Crippen LogP contribution in [-0.2, 0) is 28.2 Å². The third-order valence-electron chi connectivity index (χ3n) is 9.38. The second-order valence-corrected chi connectivity index (χ2v) is 15.6. The second-order valence-electron chi connectivity index (χ2n) is 14.3. The highest BCUT2D eigenvalue weighted by Crippen LogP contribution is 2.36. The lowest BCUT2D eigenvalue weighted by molar-refractivity contribution is -0.161. The number of rotatable bonds is 39. The molecule has 0 spiro atoms. The Labute approximate surface area is 302 Å². The molecule has 0 bridgehead atoms. The number of unbranched alkanes of at least 4 members (excludes halogenated alkanes) is 29. The van der Waals surface area contributed by atoms with Crippen LogP contribution in [-0.4, -0.2) is 41.0 Å². The Kier molecular flexibility index (Phi) is 36.1. The molecule has 2 N–H and O–H groups in total. The van der Waals surface area contributed by atoms with Gasteiger partial charge in [-0.1, -0.05) is 200 Å². The quantitative estimate of drug-likeness (QED) is 0.0366. The minimum atomic E-state index is -4.74. The third-order valence-corrected chi connectivity index (χ3v) is 9.86. The van der Waals surface area contributed by atoms with Crippen molar-refractivity contribution in [1.82, 2.24) is 0 Å². The van der Waals surface area contributed by atoms with E-state index in [9.17, 15) is 14.2 Å². The third kappa shape index (κ3) is 39.7. The van der Waals surface area contributed by atoms with Crippen molar-refractivity contribution >= 4 is 19.8 Å². The number of ether oxygens (including phenoxy) is 2. The van der Waals surface area contributed by atoms with Crippen molar-refractivity contribution in [2.75, 3.05) is 13.2 Å². The van der Waals surface area contributed by atoms with E-state index >= 15 is 0 Å². The topological polar surface area (TPSA) is 119 Å². The normalized spacial score (nSPS) is 12.3. The molecule has 9 heteroatoms. The van der Waals surface area contributed by atoms with Gasteiger partial charge in [0.05, 0.1) is 6.61 Å². The zero-order chi connectivity index (χ0) is 36.1. The van der Waals surface area contributed by atoms with E-state index < -0.39 is 32.5 Å². The van der Waals surface area contributed by atoms with Gasteiger partial charge in [-0.2, -0.15) is 0 Å². The zero-order valence-corrected chi connectivity index (χ0v) is 33.0. The number of phosphoric acid groups is 1. The molecular weight excluding hydrogens is 639 g/mol. The summed E-state index contributed by atoms with van der Waals surface area (Å²) in [5.41, 5.74) is 0. The first-order chi connectivity index (χ1) is 23.8. The fourth-order valence-corrected chi connectivity index (χ4v) is 6.62. The number of hydrogen-bond acceptors (Lipinski definition) is 6. The Morgan fingerprint density at radius 1 is 0.449 bits per heavy atom. The van der Waals surface area contributed by atoms with E-state index in [1.54, 1.807) is 0 Å². The van der Waals surface area contributed by atoms with Crippen LogP contribution in [0.4, 0.5) is 0 Å². The summed E-state index contributed by atoms with van der Waals surface area (Å²) >= 11 is 0. The predicted molar refractivity (Wildman–Crippen MR) is 203 cm³/mol. The van der Waals surface area contributed by atoms with Crippen LogP contribution in [0.15, 0.2) is 0 Å². The van der Waals surface area contributed by atoms with Crippen LogP contribution in [0.3, 0.4) is 0 Å². The standard InChI is InChI=1S/C40H79O8P/c1-3-5-7-9-11-13-15-17-19-21-22-24-26-28-30-32-34-39(41)46-36-38(37-47-49(43,44)45)48-40(42)35-33-31-29-27-25-23-20-18-16-14-12-10-8-6-4-2/h38H,3-37H2,1-2H3,(H2,43,44,45)/t38-/m1/s1. The van der Waals surface area contributed by atoms with Crippen LogP contribution in [0.5, 0.6) is 0 Å². The SMILES string of the molecule is CCCCCCCCCCCCCCCCCCC(=O)OC[C@H](COP(=O)(O)O)OC(=O)CCCCCCCCCCCCCCCCC. The summed E-state index contributed by atoms with van der Waals surface area (Å²) in [6, 6.07) is 0. The minimum Gasteiger partial charge on any atom is -0.462 e. The van der Waals surface area contributed by atoms with Gasteiger partial charge in [0.2, 0.25) is 0 Å². The van der Waals surface area contributed by atoms with Crippen molar-refractivity contribution < 1.29 is 37.9 Å². The first-order valence-corrected chi connectivity index (χ1v) is 22.4. The highest BCUT2D eigenvalue weighted by atomic mass is 31.2. The summed E-state index contributed by atoms with van der Waals surface area (Å²) in [5, 5.41) is 0. The number of phosphoric ester groups is 1. The van der Waals surface area contributed by atoms with E-state index in [4.69, 9.17) is 19.3 Å². The summed E-state index contributed by atoms with van der Waals surface area (Å²) in [7, 11) is -4.74. The van der Waals surface area contributed by atoms with Crippen LogP contribution in [0.1, 0.15) is 226 Å². The summed E-state index contributed by atoms with van der Waals surface area (Å²) in [6.45, 7) is 3.71. The molecule has 0 aliphatic rings. The minimum absolute atomic E-state index is 0.220. The van der Waals surface area contributed by atoms with E-state index in [-0.39, 0.29) is 19.4 Å². The molecule has 49 heavy (non-hydrogen) atoms. The molecular formula is C40H79O8P. The van der Waals surface area contributed by atoms with Gasteiger partial charge < -0.3 is 19.3 Å². The maximum absolute atomic E-state index is 12.4. The number of carbonyl (C=O) groups is 2. The summed E-state index contributed by atoms with van der Waals surface area (Å²) in [4.78, 5) is 42.8. The van der Waals surface area contributed by atoms with Crippen molar-refractivity contribution in [3.05, 3.63) is 0 Å². The fraction of sp³-hybridized carbons (Fsp3) is 0.950. The van der Waals surface area contributed by atoms with E-state index in [0.29, 0.717) is 6.42 Å². The Morgan fingerprint density at radius 3 is 1.04 bits per heavy atom. The van der Waals surface area contributed by atoms with Gasteiger partial charge in [0.1, 0.15) is 6.61 Å². The molecule has 0 amide bonds. The molecule has 8 nitrogen and oxygen atoms in total. The smallest absolute Gasteiger partial charge is 0.462 e. The molecule has 0 rings (SSSR count). The highest BCUT2D eigenvalue weighted by molar-refractivity contribution is 7.46. The van der Waals surface area contributed by atoms with Crippen molar-refractivity contribution in [3.63, 3.8) is 0 Å². The van der Waals surface area contributed by atoms with Crippen molar-refractivity contribution in [1.29, 1.82) is 0 Å². The van der Waals surface area contributed by atoms with E-state index in [1.165, 1.54) is 161 Å². The molecule has 0 heterocycles. The maximum atomic E-state index is 12.4. The molecule has 0 saturated heterocycles. The Hall–Kier alpha value is -0.950. The fourth-order valence-electron chi connectivity index (χ4n) is 6.26. The number of hydrogen-bond donors (Lipinski definition) is 2. The van der Waals surface area contributed by atoms with Crippen LogP contribution < -0.4 is 0 Å². The second kappa shape index (κ2) is 36.8. The van der Waals surface area contributed by atoms with E-state index in [0.717, 1.165) is 32.1 Å². The van der Waals surface area contributed by atoms with Crippen molar-refractivity contribution in [3.8, 4) is 0 Å². The van der Waals surface area contributed by atoms with Crippen LogP contribution in [0, 0.1) is 0 Å². The van der Waals surface area contributed by atoms with Gasteiger partial charge in [-0.05, 0) is 12.8 Å². The molecule has 0 aliphatic heterocycles. The lowest BCUT2D eigenvalue weighted by atomic mass is 10.0. The molecule has 0 aromatic heterocycles. The first kappa shape index (κ1) is 48.0. The Balaban J connectivity index is 3.86. The predicted octanol–water partition coefficient (Wildman–Crippen LogP) is 12.5. The lowest BCUT2D eigenvalue weighted by Crippen LogP contribution is -2.29. The molecule has 0 unspecified atom stereocenters. The van der Waals surface area contributed by atoms with Gasteiger partial charge >= 0.3 is 19.8 Å². The molecule has 0 aliphatic carbocycles. The van der Waals surface area contributed by atoms with E-state index in [1.807, 2.05) is 0 Å². The summed E-state index contributed by atoms with van der Waals surface area (Å²) in [5.74, 6) is -0.868. The van der Waals surface area contributed by atoms with E-state index in [2.05, 4.69) is 18.4 Å². The maximum Gasteiger partial charge on any atom is 0.469 e. The zero-order valence-electron chi connectivity index (χ0n) is 32.1. The van der Waals surface area contributed by atoms with Crippen LogP contribution in [0.2, 0.25) is 0 Å². The molecule has 0 radical (unpaired) electrons. The molecule has 0 aromatic carbocycles. The average molecular weight is 719 g/mol. The molecule has 1 atom stereocenters. The lowest BCUT2D eigenvalue weighted by Gasteiger charge is -2.18. The van der Waals surface area contributed by atoms with Gasteiger partial charge in [-0.3, -0.25) is 14.1 Å². The Morgan fingerprint density at radius 2 is 0.735 bits per heavy atom. The monoisotopic (exact) mass is 719 g/mol. The van der Waals surface area contributed by atoms with Gasteiger partial charge in [-0.25, -0.2) is 4.57 Å².